The third kappa shape index (κ3) is 3.99. The monoisotopic (exact) mass is 312 g/mol. The lowest BCUT2D eigenvalue weighted by molar-refractivity contribution is 0.345. The molecule has 1 aromatic carbocycles. The Morgan fingerprint density at radius 2 is 2.09 bits per heavy atom. The van der Waals surface area contributed by atoms with Gasteiger partial charge in [0.05, 0.1) is 7.11 Å². The van der Waals surface area contributed by atoms with Gasteiger partial charge in [-0.25, -0.2) is 9.97 Å². The SMILES string of the molecule is COc1ccccc1CCCNc1cc(C2CC(N)C2)ncn1. The fourth-order valence-electron chi connectivity index (χ4n) is 3.00. The van der Waals surface area contributed by atoms with Gasteiger partial charge in [0.2, 0.25) is 0 Å². The Bertz CT molecular complexity index is 640. The van der Waals surface area contributed by atoms with Crippen LogP contribution in [-0.4, -0.2) is 29.7 Å². The molecule has 1 aliphatic carbocycles. The van der Waals surface area contributed by atoms with E-state index in [9.17, 15) is 0 Å². The lowest BCUT2D eigenvalue weighted by Gasteiger charge is -2.31. The van der Waals surface area contributed by atoms with Crippen molar-refractivity contribution in [2.75, 3.05) is 19.0 Å². The summed E-state index contributed by atoms with van der Waals surface area (Å²) in [4.78, 5) is 8.67. The number of aromatic nitrogens is 2. The highest BCUT2D eigenvalue weighted by Gasteiger charge is 2.28. The second-order valence-corrected chi connectivity index (χ2v) is 6.10. The minimum absolute atomic E-state index is 0.340. The fraction of sp³-hybridized carbons (Fsp3) is 0.444. The first-order valence-corrected chi connectivity index (χ1v) is 8.19. The third-order valence-electron chi connectivity index (χ3n) is 4.40. The van der Waals surface area contributed by atoms with Crippen LogP contribution < -0.4 is 15.8 Å². The predicted octanol–water partition coefficient (Wildman–Crippen LogP) is 2.73. The number of anilines is 1. The normalized spacial score (nSPS) is 19.9. The van der Waals surface area contributed by atoms with E-state index in [1.807, 2.05) is 18.2 Å². The topological polar surface area (TPSA) is 73.1 Å². The van der Waals surface area contributed by atoms with Crippen LogP contribution in [0, 0.1) is 0 Å². The smallest absolute Gasteiger partial charge is 0.129 e. The second-order valence-electron chi connectivity index (χ2n) is 6.10. The number of nitrogens with zero attached hydrogens (tertiary/aromatic N) is 2. The molecule has 0 aliphatic heterocycles. The van der Waals surface area contributed by atoms with Gasteiger partial charge in [-0.3, -0.25) is 0 Å². The van der Waals surface area contributed by atoms with Crippen molar-refractivity contribution in [2.24, 2.45) is 5.73 Å². The minimum atomic E-state index is 0.340. The molecule has 3 N–H and O–H groups in total. The van der Waals surface area contributed by atoms with Crippen molar-refractivity contribution in [1.29, 1.82) is 0 Å². The van der Waals surface area contributed by atoms with Crippen molar-refractivity contribution >= 4 is 5.82 Å². The number of aryl methyl sites for hydroxylation is 1. The molecule has 0 spiro atoms. The zero-order valence-corrected chi connectivity index (χ0v) is 13.5. The van der Waals surface area contributed by atoms with E-state index >= 15 is 0 Å². The standard InChI is InChI=1S/C18H24N4O/c1-23-17-7-3-2-5-13(17)6-4-8-20-18-11-16(21-12-22-18)14-9-15(19)10-14/h2-3,5,7,11-12,14-15H,4,6,8-10,19H2,1H3,(H,20,21,22). The van der Waals surface area contributed by atoms with Crippen LogP contribution in [0.1, 0.15) is 36.4 Å². The summed E-state index contributed by atoms with van der Waals surface area (Å²) in [5.74, 6) is 2.36. The van der Waals surface area contributed by atoms with Crippen molar-refractivity contribution in [2.45, 2.75) is 37.6 Å². The molecule has 3 rings (SSSR count). The number of ether oxygens (including phenoxy) is 1. The summed E-state index contributed by atoms with van der Waals surface area (Å²) < 4.78 is 5.38. The van der Waals surface area contributed by atoms with E-state index in [1.165, 1.54) is 5.56 Å². The molecule has 0 amide bonds. The Kier molecular flexibility index (Phi) is 5.08. The zero-order valence-electron chi connectivity index (χ0n) is 13.5. The number of methoxy groups -OCH3 is 1. The molecule has 2 aromatic rings. The van der Waals surface area contributed by atoms with E-state index < -0.39 is 0 Å². The number of rotatable bonds is 7. The molecule has 1 aliphatic rings. The van der Waals surface area contributed by atoms with Crippen molar-refractivity contribution in [3.8, 4) is 5.75 Å². The molecular weight excluding hydrogens is 288 g/mol. The molecule has 1 saturated carbocycles. The van der Waals surface area contributed by atoms with Gasteiger partial charge in [0.15, 0.2) is 0 Å². The first-order valence-electron chi connectivity index (χ1n) is 8.19. The van der Waals surface area contributed by atoms with Gasteiger partial charge in [-0.05, 0) is 37.3 Å². The molecule has 1 aromatic heterocycles. The van der Waals surface area contributed by atoms with Gasteiger partial charge in [-0.2, -0.15) is 0 Å². The average Bonchev–Trinajstić information content (AvgIpc) is 2.56. The summed E-state index contributed by atoms with van der Waals surface area (Å²) in [5.41, 5.74) is 8.20. The molecule has 0 radical (unpaired) electrons. The predicted molar refractivity (Wildman–Crippen MR) is 91.8 cm³/mol. The fourth-order valence-corrected chi connectivity index (χ4v) is 3.00. The highest BCUT2D eigenvalue weighted by atomic mass is 16.5. The van der Waals surface area contributed by atoms with Gasteiger partial charge >= 0.3 is 0 Å². The minimum Gasteiger partial charge on any atom is -0.496 e. The van der Waals surface area contributed by atoms with Crippen molar-refractivity contribution in [1.82, 2.24) is 9.97 Å². The van der Waals surface area contributed by atoms with E-state index in [4.69, 9.17) is 10.5 Å². The quantitative estimate of drug-likeness (QED) is 0.769. The molecule has 23 heavy (non-hydrogen) atoms. The highest BCUT2D eigenvalue weighted by molar-refractivity contribution is 5.37. The maximum atomic E-state index is 5.85. The van der Waals surface area contributed by atoms with Gasteiger partial charge in [0.1, 0.15) is 17.9 Å². The highest BCUT2D eigenvalue weighted by Crippen LogP contribution is 2.34. The van der Waals surface area contributed by atoms with Crippen LogP contribution in [0.3, 0.4) is 0 Å². The maximum absolute atomic E-state index is 5.85. The van der Waals surface area contributed by atoms with Crippen molar-refractivity contribution < 1.29 is 4.74 Å². The number of hydrogen-bond donors (Lipinski definition) is 2. The van der Waals surface area contributed by atoms with Crippen LogP contribution in [0.4, 0.5) is 5.82 Å². The Morgan fingerprint density at radius 1 is 1.26 bits per heavy atom. The molecule has 5 nitrogen and oxygen atoms in total. The van der Waals surface area contributed by atoms with Gasteiger partial charge < -0.3 is 15.8 Å². The van der Waals surface area contributed by atoms with E-state index in [2.05, 4.69) is 27.4 Å². The van der Waals surface area contributed by atoms with E-state index in [0.717, 1.165) is 49.5 Å². The van der Waals surface area contributed by atoms with Crippen LogP contribution in [0.25, 0.3) is 0 Å². The second kappa shape index (κ2) is 7.42. The van der Waals surface area contributed by atoms with E-state index in [0.29, 0.717) is 12.0 Å². The summed E-state index contributed by atoms with van der Waals surface area (Å²) >= 11 is 0. The number of para-hydroxylation sites is 1. The number of hydrogen-bond acceptors (Lipinski definition) is 5. The molecule has 122 valence electrons. The molecule has 0 bridgehead atoms. The first kappa shape index (κ1) is 15.7. The Hall–Kier alpha value is -2.14. The first-order chi connectivity index (χ1) is 11.3. The maximum Gasteiger partial charge on any atom is 0.129 e. The molecule has 0 unspecified atom stereocenters. The Balaban J connectivity index is 1.48. The number of nitrogens with two attached hydrogens (primary N) is 1. The van der Waals surface area contributed by atoms with Gasteiger partial charge in [-0.15, -0.1) is 0 Å². The van der Waals surface area contributed by atoms with Crippen molar-refractivity contribution in [3.63, 3.8) is 0 Å². The van der Waals surface area contributed by atoms with Crippen LogP contribution >= 0.6 is 0 Å². The average molecular weight is 312 g/mol. The summed E-state index contributed by atoms with van der Waals surface area (Å²) in [5, 5.41) is 3.38. The van der Waals surface area contributed by atoms with Crippen LogP contribution in [0.2, 0.25) is 0 Å². The van der Waals surface area contributed by atoms with Crippen LogP contribution in [-0.2, 0) is 6.42 Å². The molecule has 0 atom stereocenters. The lowest BCUT2D eigenvalue weighted by Crippen LogP contribution is -2.35. The van der Waals surface area contributed by atoms with Gasteiger partial charge in [0.25, 0.3) is 0 Å². The summed E-state index contributed by atoms with van der Waals surface area (Å²) in [6.45, 7) is 0.874. The Morgan fingerprint density at radius 3 is 2.87 bits per heavy atom. The lowest BCUT2D eigenvalue weighted by atomic mass is 9.79. The van der Waals surface area contributed by atoms with Gasteiger partial charge in [0, 0.05) is 30.3 Å². The summed E-state index contributed by atoms with van der Waals surface area (Å²) in [7, 11) is 1.71. The van der Waals surface area contributed by atoms with Crippen LogP contribution in [0.5, 0.6) is 5.75 Å². The van der Waals surface area contributed by atoms with E-state index in [-0.39, 0.29) is 0 Å². The number of nitrogens with one attached hydrogen (secondary N) is 1. The molecule has 5 heteroatoms. The molecule has 0 saturated heterocycles. The number of benzene rings is 1. The van der Waals surface area contributed by atoms with Gasteiger partial charge in [-0.1, -0.05) is 18.2 Å². The zero-order chi connectivity index (χ0) is 16.1. The largest absolute Gasteiger partial charge is 0.496 e. The molecular formula is C18H24N4O. The molecule has 1 fully saturated rings. The van der Waals surface area contributed by atoms with E-state index in [1.54, 1.807) is 13.4 Å². The Labute approximate surface area is 137 Å². The summed E-state index contributed by atoms with van der Waals surface area (Å²) in [6.07, 6.45) is 5.71. The summed E-state index contributed by atoms with van der Waals surface area (Å²) in [6, 6.07) is 10.6. The van der Waals surface area contributed by atoms with Crippen LogP contribution in [0.15, 0.2) is 36.7 Å². The molecule has 1 heterocycles. The van der Waals surface area contributed by atoms with Crippen molar-refractivity contribution in [3.05, 3.63) is 47.9 Å². The third-order valence-corrected chi connectivity index (χ3v) is 4.40.